The molecule has 108 valence electrons. The lowest BCUT2D eigenvalue weighted by Gasteiger charge is -2.27. The van der Waals surface area contributed by atoms with E-state index < -0.39 is 0 Å². The van der Waals surface area contributed by atoms with Crippen molar-refractivity contribution in [2.24, 2.45) is 5.41 Å². The molecule has 0 aliphatic rings. The number of nitrogens with one attached hydrogen (secondary N) is 1. The van der Waals surface area contributed by atoms with Gasteiger partial charge < -0.3 is 10.1 Å². The van der Waals surface area contributed by atoms with Crippen LogP contribution in [-0.2, 0) is 4.74 Å². The van der Waals surface area contributed by atoms with Crippen LogP contribution in [0.4, 0.5) is 4.39 Å². The molecule has 0 aromatic heterocycles. The van der Waals surface area contributed by atoms with Crippen molar-refractivity contribution >= 4 is 15.9 Å². The Balaban J connectivity index is 2.59. The molecule has 0 amide bonds. The van der Waals surface area contributed by atoms with Crippen LogP contribution >= 0.6 is 15.9 Å². The van der Waals surface area contributed by atoms with Gasteiger partial charge in [0.1, 0.15) is 5.82 Å². The zero-order valence-electron chi connectivity index (χ0n) is 12.1. The van der Waals surface area contributed by atoms with Crippen LogP contribution in [0.3, 0.4) is 0 Å². The standard InChI is InChI=1S/C15H23BrFNO/c1-11(13-9-12(16)5-6-14(13)17)18-10-15(2,3)7-8-19-4/h5-6,9,11,18H,7-8,10H2,1-4H3. The van der Waals surface area contributed by atoms with Crippen LogP contribution < -0.4 is 5.32 Å². The van der Waals surface area contributed by atoms with Crippen LogP contribution in [-0.4, -0.2) is 20.3 Å². The van der Waals surface area contributed by atoms with Gasteiger partial charge in [0.2, 0.25) is 0 Å². The van der Waals surface area contributed by atoms with E-state index in [0.29, 0.717) is 5.56 Å². The van der Waals surface area contributed by atoms with Crippen LogP contribution in [0.1, 0.15) is 38.8 Å². The molecular formula is C15H23BrFNO. The summed E-state index contributed by atoms with van der Waals surface area (Å²) in [6.45, 7) is 7.92. The zero-order chi connectivity index (χ0) is 14.5. The predicted octanol–water partition coefficient (Wildman–Crippen LogP) is 4.30. The molecule has 1 N–H and O–H groups in total. The van der Waals surface area contributed by atoms with Crippen LogP contribution in [0.25, 0.3) is 0 Å². The Morgan fingerprint density at radius 1 is 1.42 bits per heavy atom. The maximum absolute atomic E-state index is 13.8. The van der Waals surface area contributed by atoms with Gasteiger partial charge in [-0.15, -0.1) is 0 Å². The van der Waals surface area contributed by atoms with Crippen LogP contribution in [0, 0.1) is 11.2 Å². The molecule has 0 aliphatic carbocycles. The van der Waals surface area contributed by atoms with Gasteiger partial charge in [0, 0.05) is 36.3 Å². The SMILES string of the molecule is COCCC(C)(C)CNC(C)c1cc(Br)ccc1F. The van der Waals surface area contributed by atoms with Crippen molar-refractivity contribution in [1.29, 1.82) is 0 Å². The van der Waals surface area contributed by atoms with E-state index >= 15 is 0 Å². The largest absolute Gasteiger partial charge is 0.385 e. The predicted molar refractivity (Wildman–Crippen MR) is 80.8 cm³/mol. The second-order valence-corrected chi connectivity index (χ2v) is 6.59. The molecule has 0 bridgehead atoms. The van der Waals surface area contributed by atoms with Crippen molar-refractivity contribution < 1.29 is 9.13 Å². The summed E-state index contributed by atoms with van der Waals surface area (Å²) in [4.78, 5) is 0. The Bertz CT molecular complexity index is 409. The van der Waals surface area contributed by atoms with E-state index in [1.54, 1.807) is 13.2 Å². The topological polar surface area (TPSA) is 21.3 Å². The van der Waals surface area contributed by atoms with Gasteiger partial charge in [-0.2, -0.15) is 0 Å². The molecule has 0 heterocycles. The van der Waals surface area contributed by atoms with E-state index in [9.17, 15) is 4.39 Å². The summed E-state index contributed by atoms with van der Waals surface area (Å²) in [7, 11) is 1.71. The number of hydrogen-bond donors (Lipinski definition) is 1. The highest BCUT2D eigenvalue weighted by atomic mass is 79.9. The highest BCUT2D eigenvalue weighted by molar-refractivity contribution is 9.10. The fourth-order valence-electron chi connectivity index (χ4n) is 1.85. The molecule has 0 aliphatic heterocycles. The molecule has 0 spiro atoms. The van der Waals surface area contributed by atoms with Crippen molar-refractivity contribution in [3.8, 4) is 0 Å². The summed E-state index contributed by atoms with van der Waals surface area (Å²) in [5.74, 6) is -0.169. The minimum Gasteiger partial charge on any atom is -0.385 e. The third-order valence-corrected chi connectivity index (χ3v) is 3.79. The fraction of sp³-hybridized carbons (Fsp3) is 0.600. The molecule has 1 aromatic rings. The normalized spacial score (nSPS) is 13.6. The molecule has 0 radical (unpaired) electrons. The fourth-order valence-corrected chi connectivity index (χ4v) is 2.23. The van der Waals surface area contributed by atoms with Gasteiger partial charge in [-0.25, -0.2) is 4.39 Å². The molecule has 2 nitrogen and oxygen atoms in total. The first-order valence-electron chi connectivity index (χ1n) is 6.53. The second kappa shape index (κ2) is 7.36. The molecule has 0 fully saturated rings. The van der Waals surface area contributed by atoms with Crippen molar-refractivity contribution in [1.82, 2.24) is 5.32 Å². The summed E-state index contributed by atoms with van der Waals surface area (Å²) >= 11 is 3.38. The molecule has 19 heavy (non-hydrogen) atoms. The molecule has 0 saturated carbocycles. The molecule has 1 unspecified atom stereocenters. The van der Waals surface area contributed by atoms with E-state index in [1.807, 2.05) is 13.0 Å². The van der Waals surface area contributed by atoms with Crippen molar-refractivity contribution in [3.63, 3.8) is 0 Å². The average molecular weight is 332 g/mol. The minimum absolute atomic E-state index is 0.0145. The lowest BCUT2D eigenvalue weighted by Crippen LogP contribution is -2.32. The van der Waals surface area contributed by atoms with E-state index in [0.717, 1.165) is 24.0 Å². The van der Waals surface area contributed by atoms with E-state index in [1.165, 1.54) is 6.07 Å². The number of halogens is 2. The summed E-state index contributed by atoms with van der Waals surface area (Å²) in [5.41, 5.74) is 0.823. The smallest absolute Gasteiger partial charge is 0.128 e. The van der Waals surface area contributed by atoms with Gasteiger partial charge in [-0.3, -0.25) is 0 Å². The van der Waals surface area contributed by atoms with Gasteiger partial charge in [-0.1, -0.05) is 29.8 Å². The highest BCUT2D eigenvalue weighted by Gasteiger charge is 2.19. The molecule has 1 rings (SSSR count). The number of rotatable bonds is 7. The van der Waals surface area contributed by atoms with E-state index in [2.05, 4.69) is 35.1 Å². The average Bonchev–Trinajstić information content (AvgIpc) is 2.36. The van der Waals surface area contributed by atoms with Gasteiger partial charge in [0.05, 0.1) is 0 Å². The molecule has 1 aromatic carbocycles. The first kappa shape index (κ1) is 16.6. The number of benzene rings is 1. The first-order valence-corrected chi connectivity index (χ1v) is 7.32. The quantitative estimate of drug-likeness (QED) is 0.804. The minimum atomic E-state index is -0.169. The maximum atomic E-state index is 13.8. The third-order valence-electron chi connectivity index (χ3n) is 3.29. The summed E-state index contributed by atoms with van der Waals surface area (Å²) in [6, 6.07) is 5.02. The van der Waals surface area contributed by atoms with Gasteiger partial charge in [0.25, 0.3) is 0 Å². The lowest BCUT2D eigenvalue weighted by molar-refractivity contribution is 0.149. The maximum Gasteiger partial charge on any atom is 0.128 e. The summed E-state index contributed by atoms with van der Waals surface area (Å²) in [6.07, 6.45) is 0.976. The van der Waals surface area contributed by atoms with Crippen LogP contribution in [0.5, 0.6) is 0 Å². The molecular weight excluding hydrogens is 309 g/mol. The number of methoxy groups -OCH3 is 1. The monoisotopic (exact) mass is 331 g/mol. The Kier molecular flexibility index (Phi) is 6.43. The van der Waals surface area contributed by atoms with E-state index in [4.69, 9.17) is 4.74 Å². The third kappa shape index (κ3) is 5.59. The van der Waals surface area contributed by atoms with Crippen LogP contribution in [0.2, 0.25) is 0 Å². The van der Waals surface area contributed by atoms with Crippen molar-refractivity contribution in [3.05, 3.63) is 34.1 Å². The lowest BCUT2D eigenvalue weighted by atomic mass is 9.89. The van der Waals surface area contributed by atoms with Crippen molar-refractivity contribution in [2.45, 2.75) is 33.2 Å². The summed E-state index contributed by atoms with van der Waals surface area (Å²) < 4.78 is 19.8. The molecule has 0 saturated heterocycles. The van der Waals surface area contributed by atoms with Gasteiger partial charge in [-0.05, 0) is 37.0 Å². The van der Waals surface area contributed by atoms with Crippen LogP contribution in [0.15, 0.2) is 22.7 Å². The first-order chi connectivity index (χ1) is 8.85. The molecule has 1 atom stereocenters. The Labute approximate surface area is 123 Å². The highest BCUT2D eigenvalue weighted by Crippen LogP contribution is 2.24. The Morgan fingerprint density at radius 2 is 2.11 bits per heavy atom. The zero-order valence-corrected chi connectivity index (χ0v) is 13.7. The van der Waals surface area contributed by atoms with E-state index in [-0.39, 0.29) is 17.3 Å². The van der Waals surface area contributed by atoms with Gasteiger partial charge >= 0.3 is 0 Å². The Hall–Kier alpha value is -0.450. The summed E-state index contributed by atoms with van der Waals surface area (Å²) in [5, 5.41) is 3.40. The van der Waals surface area contributed by atoms with Crippen molar-refractivity contribution in [2.75, 3.05) is 20.3 Å². The van der Waals surface area contributed by atoms with Gasteiger partial charge in [0.15, 0.2) is 0 Å². The number of hydrogen-bond acceptors (Lipinski definition) is 2. The Morgan fingerprint density at radius 3 is 2.74 bits per heavy atom. The molecule has 4 heteroatoms. The number of ether oxygens (including phenoxy) is 1. The second-order valence-electron chi connectivity index (χ2n) is 5.68.